The van der Waals surface area contributed by atoms with Crippen molar-refractivity contribution in [1.29, 1.82) is 0 Å². The average Bonchev–Trinajstić information content (AvgIpc) is 2.69. The number of rotatable bonds is 7. The van der Waals surface area contributed by atoms with E-state index in [2.05, 4.69) is 64.6 Å². The van der Waals surface area contributed by atoms with Gasteiger partial charge in [0, 0.05) is 16.6 Å². The van der Waals surface area contributed by atoms with Gasteiger partial charge in [0.25, 0.3) is 0 Å². The van der Waals surface area contributed by atoms with Crippen LogP contribution in [0, 0.1) is 0 Å². The van der Waals surface area contributed by atoms with E-state index in [4.69, 9.17) is 0 Å². The SMILES string of the molecule is CCc1ccc(NC(CC(O)c2ccc(Br)cc2)c2ccccc2)cc1. The molecule has 0 radical (unpaired) electrons. The maximum absolute atomic E-state index is 10.7. The molecule has 0 fully saturated rings. The van der Waals surface area contributed by atoms with Gasteiger partial charge in [-0.1, -0.05) is 77.5 Å². The van der Waals surface area contributed by atoms with Gasteiger partial charge in [-0.15, -0.1) is 0 Å². The van der Waals surface area contributed by atoms with E-state index in [0.29, 0.717) is 6.42 Å². The fraction of sp³-hybridized carbons (Fsp3) is 0.217. The minimum absolute atomic E-state index is 0.0299. The summed E-state index contributed by atoms with van der Waals surface area (Å²) >= 11 is 3.44. The van der Waals surface area contributed by atoms with Crippen LogP contribution < -0.4 is 5.32 Å². The molecule has 0 spiro atoms. The Kier molecular flexibility index (Phi) is 6.48. The molecule has 0 bridgehead atoms. The number of hydrogen-bond donors (Lipinski definition) is 2. The maximum atomic E-state index is 10.7. The molecule has 3 aromatic carbocycles. The van der Waals surface area contributed by atoms with Crippen molar-refractivity contribution >= 4 is 21.6 Å². The molecule has 0 aliphatic heterocycles. The molecule has 0 saturated heterocycles. The quantitative estimate of drug-likeness (QED) is 0.480. The molecule has 0 heterocycles. The summed E-state index contributed by atoms with van der Waals surface area (Å²) in [5.41, 5.74) is 4.49. The van der Waals surface area contributed by atoms with E-state index in [-0.39, 0.29) is 6.04 Å². The van der Waals surface area contributed by atoms with E-state index >= 15 is 0 Å². The second-order valence-corrected chi connectivity index (χ2v) is 7.38. The molecule has 3 heteroatoms. The van der Waals surface area contributed by atoms with Crippen molar-refractivity contribution < 1.29 is 5.11 Å². The van der Waals surface area contributed by atoms with Gasteiger partial charge in [0.1, 0.15) is 0 Å². The van der Waals surface area contributed by atoms with Crippen LogP contribution >= 0.6 is 15.9 Å². The molecular weight excluding hydrogens is 386 g/mol. The maximum Gasteiger partial charge on any atom is 0.0813 e. The number of benzene rings is 3. The van der Waals surface area contributed by atoms with E-state index in [9.17, 15) is 5.11 Å². The van der Waals surface area contributed by atoms with E-state index < -0.39 is 6.10 Å². The standard InChI is InChI=1S/C23H24BrNO/c1-2-17-8-14-21(15-9-17)25-22(18-6-4-3-5-7-18)16-23(26)19-10-12-20(24)13-11-19/h3-15,22-23,25-26H,2,16H2,1H3. The van der Waals surface area contributed by atoms with Crippen LogP contribution in [0.1, 0.15) is 42.2 Å². The minimum atomic E-state index is -0.532. The molecule has 134 valence electrons. The smallest absolute Gasteiger partial charge is 0.0813 e. The molecular formula is C23H24BrNO. The summed E-state index contributed by atoms with van der Waals surface area (Å²) in [5.74, 6) is 0. The summed E-state index contributed by atoms with van der Waals surface area (Å²) in [5, 5.41) is 14.3. The van der Waals surface area contributed by atoms with Gasteiger partial charge in [0.15, 0.2) is 0 Å². The molecule has 3 aromatic rings. The molecule has 0 aromatic heterocycles. The molecule has 3 rings (SSSR count). The molecule has 0 amide bonds. The third-order valence-electron chi connectivity index (χ3n) is 4.62. The highest BCUT2D eigenvalue weighted by molar-refractivity contribution is 9.10. The van der Waals surface area contributed by atoms with Crippen molar-refractivity contribution in [3.8, 4) is 0 Å². The first kappa shape index (κ1) is 18.7. The predicted octanol–water partition coefficient (Wildman–Crippen LogP) is 6.29. The van der Waals surface area contributed by atoms with E-state index in [1.807, 2.05) is 42.5 Å². The molecule has 0 saturated carbocycles. The van der Waals surface area contributed by atoms with Gasteiger partial charge in [0.2, 0.25) is 0 Å². The van der Waals surface area contributed by atoms with Crippen molar-refractivity contribution in [2.45, 2.75) is 31.9 Å². The minimum Gasteiger partial charge on any atom is -0.388 e. The lowest BCUT2D eigenvalue weighted by atomic mass is 9.96. The molecule has 0 aliphatic carbocycles. The van der Waals surface area contributed by atoms with Crippen molar-refractivity contribution in [1.82, 2.24) is 0 Å². The zero-order valence-electron chi connectivity index (χ0n) is 14.9. The van der Waals surface area contributed by atoms with Crippen LogP contribution in [0.5, 0.6) is 0 Å². The molecule has 2 nitrogen and oxygen atoms in total. The number of halogens is 1. The zero-order chi connectivity index (χ0) is 18.4. The number of aryl methyl sites for hydroxylation is 1. The number of nitrogens with one attached hydrogen (secondary N) is 1. The Labute approximate surface area is 164 Å². The van der Waals surface area contributed by atoms with Crippen LogP contribution in [-0.2, 0) is 6.42 Å². The highest BCUT2D eigenvalue weighted by Crippen LogP contribution is 2.30. The summed E-state index contributed by atoms with van der Waals surface area (Å²) in [7, 11) is 0. The Bertz CT molecular complexity index is 800. The van der Waals surface area contributed by atoms with Crippen molar-refractivity contribution in [2.75, 3.05) is 5.32 Å². The lowest BCUT2D eigenvalue weighted by molar-refractivity contribution is 0.160. The largest absolute Gasteiger partial charge is 0.388 e. The van der Waals surface area contributed by atoms with Gasteiger partial charge in [-0.05, 0) is 47.4 Å². The monoisotopic (exact) mass is 409 g/mol. The Morgan fingerprint density at radius 3 is 2.12 bits per heavy atom. The summed E-state index contributed by atoms with van der Waals surface area (Å²) in [6.45, 7) is 2.16. The van der Waals surface area contributed by atoms with Crippen LogP contribution in [0.15, 0.2) is 83.3 Å². The number of hydrogen-bond acceptors (Lipinski definition) is 2. The number of aliphatic hydroxyl groups excluding tert-OH is 1. The van der Waals surface area contributed by atoms with Gasteiger partial charge in [0.05, 0.1) is 12.1 Å². The first-order valence-corrected chi connectivity index (χ1v) is 9.79. The summed E-state index contributed by atoms with van der Waals surface area (Å²) in [6, 6.07) is 26.7. The first-order valence-electron chi connectivity index (χ1n) is 8.99. The fourth-order valence-electron chi connectivity index (χ4n) is 3.05. The van der Waals surface area contributed by atoms with Crippen molar-refractivity contribution in [3.63, 3.8) is 0 Å². The molecule has 2 unspecified atom stereocenters. The fourth-order valence-corrected chi connectivity index (χ4v) is 3.31. The second-order valence-electron chi connectivity index (χ2n) is 6.46. The Hall–Kier alpha value is -2.10. The van der Waals surface area contributed by atoms with Crippen LogP contribution in [0.4, 0.5) is 5.69 Å². The van der Waals surface area contributed by atoms with Gasteiger partial charge in [-0.2, -0.15) is 0 Å². The van der Waals surface area contributed by atoms with E-state index in [1.54, 1.807) is 0 Å². The van der Waals surface area contributed by atoms with Gasteiger partial charge in [-0.25, -0.2) is 0 Å². The number of aliphatic hydroxyl groups is 1. The summed E-state index contributed by atoms with van der Waals surface area (Å²) in [4.78, 5) is 0. The highest BCUT2D eigenvalue weighted by atomic mass is 79.9. The third kappa shape index (κ3) is 4.96. The van der Waals surface area contributed by atoms with Crippen molar-refractivity contribution in [2.24, 2.45) is 0 Å². The normalized spacial score (nSPS) is 13.2. The first-order chi connectivity index (χ1) is 12.7. The lowest BCUT2D eigenvalue weighted by Crippen LogP contribution is -2.15. The predicted molar refractivity (Wildman–Crippen MR) is 112 cm³/mol. The van der Waals surface area contributed by atoms with E-state index in [1.165, 1.54) is 11.1 Å². The molecule has 26 heavy (non-hydrogen) atoms. The molecule has 2 atom stereocenters. The summed E-state index contributed by atoms with van der Waals surface area (Å²) in [6.07, 6.45) is 1.10. The van der Waals surface area contributed by atoms with Gasteiger partial charge in [-0.3, -0.25) is 0 Å². The highest BCUT2D eigenvalue weighted by Gasteiger charge is 2.18. The summed E-state index contributed by atoms with van der Waals surface area (Å²) < 4.78 is 1.02. The van der Waals surface area contributed by atoms with Crippen LogP contribution in [0.25, 0.3) is 0 Å². The Morgan fingerprint density at radius 1 is 0.846 bits per heavy atom. The average molecular weight is 410 g/mol. The van der Waals surface area contributed by atoms with Gasteiger partial charge < -0.3 is 10.4 Å². The topological polar surface area (TPSA) is 32.3 Å². The molecule has 0 aliphatic rings. The van der Waals surface area contributed by atoms with Crippen molar-refractivity contribution in [3.05, 3.63) is 100 Å². The van der Waals surface area contributed by atoms with Crippen LogP contribution in [0.2, 0.25) is 0 Å². The number of anilines is 1. The third-order valence-corrected chi connectivity index (χ3v) is 5.15. The second kappa shape index (κ2) is 9.02. The van der Waals surface area contributed by atoms with Crippen LogP contribution in [0.3, 0.4) is 0 Å². The Morgan fingerprint density at radius 2 is 1.50 bits per heavy atom. The zero-order valence-corrected chi connectivity index (χ0v) is 16.5. The van der Waals surface area contributed by atoms with Gasteiger partial charge >= 0.3 is 0 Å². The van der Waals surface area contributed by atoms with E-state index in [0.717, 1.165) is 22.1 Å². The molecule has 2 N–H and O–H groups in total. The Balaban J connectivity index is 1.79. The van der Waals surface area contributed by atoms with Crippen LogP contribution in [-0.4, -0.2) is 5.11 Å². The lowest BCUT2D eigenvalue weighted by Gasteiger charge is -2.24.